The Morgan fingerprint density at radius 1 is 1.03 bits per heavy atom. The number of amides is 2. The zero-order valence-corrected chi connectivity index (χ0v) is 16.5. The van der Waals surface area contributed by atoms with Gasteiger partial charge in [0.15, 0.2) is 0 Å². The molecule has 0 aliphatic carbocycles. The highest BCUT2D eigenvalue weighted by Gasteiger charge is 2.32. The van der Waals surface area contributed by atoms with Gasteiger partial charge >= 0.3 is 0 Å². The maximum absolute atomic E-state index is 14.4. The summed E-state index contributed by atoms with van der Waals surface area (Å²) >= 11 is 0. The van der Waals surface area contributed by atoms with Crippen LogP contribution in [0.5, 0.6) is 0 Å². The second-order valence-corrected chi connectivity index (χ2v) is 8.70. The number of para-hydroxylation sites is 1. The molecule has 29 heavy (non-hydrogen) atoms. The number of hydrogen-bond acceptors (Lipinski definition) is 4. The number of nitrogens with two attached hydrogens (primary N) is 1. The third-order valence-corrected chi connectivity index (χ3v) is 6.76. The quantitative estimate of drug-likeness (QED) is 0.771. The average Bonchev–Trinajstić information content (AvgIpc) is 2.73. The number of nitrogens with zero attached hydrogens (tertiary/aromatic N) is 2. The molecule has 9 heteroatoms. The summed E-state index contributed by atoms with van der Waals surface area (Å²) in [5, 5.41) is 0. The highest BCUT2D eigenvalue weighted by molar-refractivity contribution is 7.92. The second-order valence-electron chi connectivity index (χ2n) is 6.83. The molecule has 1 aliphatic rings. The predicted molar refractivity (Wildman–Crippen MR) is 106 cm³/mol. The lowest BCUT2D eigenvalue weighted by molar-refractivity contribution is -0.133. The minimum Gasteiger partial charge on any atom is -0.369 e. The molecule has 2 aromatic rings. The highest BCUT2D eigenvalue weighted by Crippen LogP contribution is 2.27. The number of piperidine rings is 1. The van der Waals surface area contributed by atoms with Crippen molar-refractivity contribution in [1.82, 2.24) is 4.90 Å². The van der Waals surface area contributed by atoms with Crippen LogP contribution < -0.4 is 10.0 Å². The van der Waals surface area contributed by atoms with E-state index < -0.39 is 34.2 Å². The molecule has 0 bridgehead atoms. The van der Waals surface area contributed by atoms with Gasteiger partial charge in [-0.25, -0.2) is 12.8 Å². The molecule has 0 spiro atoms. The SMILES string of the molecule is NC(=O)C1CCN(C(=O)CN(c2ccccc2F)S(=O)(=O)c2ccccc2)CC1. The topological polar surface area (TPSA) is 101 Å². The molecule has 0 atom stereocenters. The van der Waals surface area contributed by atoms with Crippen molar-refractivity contribution < 1.29 is 22.4 Å². The zero-order valence-electron chi connectivity index (χ0n) is 15.7. The van der Waals surface area contributed by atoms with Crippen LogP contribution in [-0.2, 0) is 19.6 Å². The van der Waals surface area contributed by atoms with Gasteiger partial charge in [-0.3, -0.25) is 13.9 Å². The number of rotatable bonds is 6. The molecule has 2 aromatic carbocycles. The van der Waals surface area contributed by atoms with E-state index in [1.807, 2.05) is 0 Å². The maximum Gasteiger partial charge on any atom is 0.264 e. The van der Waals surface area contributed by atoms with Gasteiger partial charge in [0.25, 0.3) is 10.0 Å². The van der Waals surface area contributed by atoms with Gasteiger partial charge in [-0.05, 0) is 37.1 Å². The molecule has 0 unspecified atom stereocenters. The minimum absolute atomic E-state index is 0.0384. The van der Waals surface area contributed by atoms with Crippen molar-refractivity contribution >= 4 is 27.5 Å². The largest absolute Gasteiger partial charge is 0.369 e. The summed E-state index contributed by atoms with van der Waals surface area (Å²) in [6, 6.07) is 13.0. The predicted octanol–water partition coefficient (Wildman–Crippen LogP) is 1.74. The van der Waals surface area contributed by atoms with Gasteiger partial charge in [-0.15, -0.1) is 0 Å². The molecule has 0 radical (unpaired) electrons. The summed E-state index contributed by atoms with van der Waals surface area (Å²) in [7, 11) is -4.16. The van der Waals surface area contributed by atoms with Crippen molar-refractivity contribution in [2.24, 2.45) is 11.7 Å². The molecule has 2 amide bonds. The lowest BCUT2D eigenvalue weighted by Crippen LogP contribution is -2.47. The van der Waals surface area contributed by atoms with E-state index in [4.69, 9.17) is 5.73 Å². The Morgan fingerprint density at radius 3 is 2.21 bits per heavy atom. The van der Waals surface area contributed by atoms with Gasteiger partial charge in [0.1, 0.15) is 12.4 Å². The molecule has 7 nitrogen and oxygen atoms in total. The van der Waals surface area contributed by atoms with Crippen molar-refractivity contribution in [1.29, 1.82) is 0 Å². The van der Waals surface area contributed by atoms with E-state index >= 15 is 0 Å². The molecular weight excluding hydrogens is 397 g/mol. The average molecular weight is 419 g/mol. The molecule has 1 heterocycles. The summed E-state index contributed by atoms with van der Waals surface area (Å²) in [6.45, 7) is 0.0469. The number of benzene rings is 2. The maximum atomic E-state index is 14.4. The van der Waals surface area contributed by atoms with E-state index in [0.717, 1.165) is 10.4 Å². The third kappa shape index (κ3) is 4.56. The zero-order chi connectivity index (χ0) is 21.0. The monoisotopic (exact) mass is 419 g/mol. The first kappa shape index (κ1) is 20.8. The van der Waals surface area contributed by atoms with Crippen molar-refractivity contribution in [3.05, 3.63) is 60.4 Å². The summed E-state index contributed by atoms with van der Waals surface area (Å²) < 4.78 is 41.6. The normalized spacial score (nSPS) is 15.1. The fourth-order valence-electron chi connectivity index (χ4n) is 3.31. The van der Waals surface area contributed by atoms with Gasteiger partial charge in [-0.2, -0.15) is 0 Å². The van der Waals surface area contributed by atoms with Crippen molar-refractivity contribution in [3.63, 3.8) is 0 Å². The Kier molecular flexibility index (Phi) is 6.17. The van der Waals surface area contributed by atoms with Gasteiger partial charge < -0.3 is 10.6 Å². The van der Waals surface area contributed by atoms with Gasteiger partial charge in [0.2, 0.25) is 11.8 Å². The molecular formula is C20H22FN3O4S. The Labute approximate surface area is 169 Å². The first-order valence-corrected chi connectivity index (χ1v) is 10.6. The Bertz CT molecular complexity index is 990. The third-order valence-electron chi connectivity index (χ3n) is 4.98. The number of primary amides is 1. The van der Waals surface area contributed by atoms with Crippen molar-refractivity contribution in [2.45, 2.75) is 17.7 Å². The molecule has 0 saturated carbocycles. The second kappa shape index (κ2) is 8.60. The van der Waals surface area contributed by atoms with Crippen LogP contribution >= 0.6 is 0 Å². The standard InChI is InChI=1S/C20H22FN3O4S/c21-17-8-4-5-9-18(17)24(29(27,28)16-6-2-1-3-7-16)14-19(25)23-12-10-15(11-13-23)20(22)26/h1-9,15H,10-14H2,(H2,22,26). The number of hydrogen-bond donors (Lipinski definition) is 1. The van der Waals surface area contributed by atoms with Crippen LogP contribution in [0.1, 0.15) is 12.8 Å². The van der Waals surface area contributed by atoms with Crippen LogP contribution in [0.3, 0.4) is 0 Å². The van der Waals surface area contributed by atoms with Crippen molar-refractivity contribution in [3.8, 4) is 0 Å². The lowest BCUT2D eigenvalue weighted by atomic mass is 9.96. The Balaban J connectivity index is 1.88. The fraction of sp³-hybridized carbons (Fsp3) is 0.300. The van der Waals surface area contributed by atoms with E-state index in [9.17, 15) is 22.4 Å². The van der Waals surface area contributed by atoms with E-state index in [1.165, 1.54) is 35.2 Å². The van der Waals surface area contributed by atoms with Crippen LogP contribution in [0.2, 0.25) is 0 Å². The molecule has 3 rings (SSSR count). The van der Waals surface area contributed by atoms with Crippen LogP contribution in [-0.4, -0.2) is 44.8 Å². The van der Waals surface area contributed by atoms with Crippen LogP contribution in [0.15, 0.2) is 59.5 Å². The van der Waals surface area contributed by atoms with E-state index in [1.54, 1.807) is 18.2 Å². The summed E-state index contributed by atoms with van der Waals surface area (Å²) in [5.74, 6) is -1.91. The van der Waals surface area contributed by atoms with Gasteiger partial charge in [0, 0.05) is 19.0 Å². The molecule has 2 N–H and O–H groups in total. The highest BCUT2D eigenvalue weighted by atomic mass is 32.2. The van der Waals surface area contributed by atoms with Crippen LogP contribution in [0.4, 0.5) is 10.1 Å². The molecule has 1 saturated heterocycles. The smallest absolute Gasteiger partial charge is 0.264 e. The van der Waals surface area contributed by atoms with E-state index in [2.05, 4.69) is 0 Å². The van der Waals surface area contributed by atoms with Gasteiger partial charge in [0.05, 0.1) is 10.6 Å². The van der Waals surface area contributed by atoms with Crippen LogP contribution in [0, 0.1) is 11.7 Å². The van der Waals surface area contributed by atoms with E-state index in [-0.39, 0.29) is 16.5 Å². The lowest BCUT2D eigenvalue weighted by Gasteiger charge is -2.33. The Hall–Kier alpha value is -2.94. The van der Waals surface area contributed by atoms with E-state index in [0.29, 0.717) is 25.9 Å². The number of sulfonamides is 1. The molecule has 154 valence electrons. The molecule has 1 aliphatic heterocycles. The van der Waals surface area contributed by atoms with Gasteiger partial charge in [-0.1, -0.05) is 30.3 Å². The number of carbonyl (C=O) groups excluding carboxylic acids is 2. The summed E-state index contributed by atoms with van der Waals surface area (Å²) in [4.78, 5) is 25.6. The van der Waals surface area contributed by atoms with Crippen LogP contribution in [0.25, 0.3) is 0 Å². The van der Waals surface area contributed by atoms with Crippen molar-refractivity contribution in [2.75, 3.05) is 23.9 Å². The number of carbonyl (C=O) groups is 2. The molecule has 1 fully saturated rings. The Morgan fingerprint density at radius 2 is 1.62 bits per heavy atom. The number of halogens is 1. The fourth-order valence-corrected chi connectivity index (χ4v) is 4.75. The number of anilines is 1. The first-order chi connectivity index (χ1) is 13.8. The summed E-state index contributed by atoms with van der Waals surface area (Å²) in [5.41, 5.74) is 5.11. The minimum atomic E-state index is -4.16. The number of likely N-dealkylation sites (tertiary alicyclic amines) is 1. The molecule has 0 aromatic heterocycles. The first-order valence-electron chi connectivity index (χ1n) is 9.20. The summed E-state index contributed by atoms with van der Waals surface area (Å²) in [6.07, 6.45) is 0.846.